The Morgan fingerprint density at radius 1 is 0.326 bits per heavy atom. The number of ether oxygens (including phenoxy) is 3. The smallest absolute Gasteiger partial charge is 0.171 e. The molecule has 418 valence electrons. The summed E-state index contributed by atoms with van der Waals surface area (Å²) in [5.74, 6) is 4.83. The number of benzene rings is 11. The molecule has 7 nitrogen and oxygen atoms in total. The summed E-state index contributed by atoms with van der Waals surface area (Å²) in [6, 6.07) is 80.8. The summed E-state index contributed by atoms with van der Waals surface area (Å²) in [4.78, 5) is 4.74. The van der Waals surface area contributed by atoms with Crippen LogP contribution >= 0.6 is 112 Å². The number of halogens is 7. The van der Waals surface area contributed by atoms with Crippen molar-refractivity contribution in [3.63, 3.8) is 0 Å². The molecule has 2 aliphatic heterocycles. The second kappa shape index (κ2) is 24.1. The van der Waals surface area contributed by atoms with Gasteiger partial charge < -0.3 is 27.8 Å². The van der Waals surface area contributed by atoms with Crippen LogP contribution < -0.4 is 14.2 Å². The molecular formula is C72H42Br7N3O4. The molecule has 0 saturated heterocycles. The van der Waals surface area contributed by atoms with Crippen molar-refractivity contribution >= 4 is 177 Å². The summed E-state index contributed by atoms with van der Waals surface area (Å²) in [7, 11) is 0. The van der Waals surface area contributed by atoms with Crippen molar-refractivity contribution in [2.45, 2.75) is 6.42 Å². The SMILES string of the molecule is Brc1ccc2c(c1)Cc1cc(Br)ccc1O2.Brc1ccc2c(c1)Oc1cc(Br)ccc1O2.Brc1ccc2c(c1)c1cc(Br)ccc1n2-c1ccccc1.Brc1cccc2c1oc1ccc(-c3ccc4c(c3)c3ncccc3n4-c3ccccc3)cc12. The number of para-hydroxylation sites is 3. The monoisotopic (exact) mass is 1560 g/mol. The number of hydrogen-bond donors (Lipinski definition) is 0. The van der Waals surface area contributed by atoms with E-state index in [9.17, 15) is 0 Å². The van der Waals surface area contributed by atoms with E-state index in [4.69, 9.17) is 23.6 Å². The molecule has 0 bridgehead atoms. The Hall–Kier alpha value is -7.27. The van der Waals surface area contributed by atoms with Gasteiger partial charge in [0.1, 0.15) is 22.7 Å². The summed E-state index contributed by atoms with van der Waals surface area (Å²) >= 11 is 24.5. The summed E-state index contributed by atoms with van der Waals surface area (Å²) in [5, 5.41) is 5.89. The Bertz CT molecular complexity index is 4860. The van der Waals surface area contributed by atoms with E-state index in [1.807, 2.05) is 97.2 Å². The highest BCUT2D eigenvalue weighted by Gasteiger charge is 2.21. The number of furan rings is 1. The number of rotatable bonds is 3. The third kappa shape index (κ3) is 11.3. The summed E-state index contributed by atoms with van der Waals surface area (Å²) in [5.41, 5.74) is 14.6. The Morgan fingerprint density at radius 3 is 1.38 bits per heavy atom. The molecule has 0 aliphatic carbocycles. The molecule has 0 radical (unpaired) electrons. The van der Waals surface area contributed by atoms with Gasteiger partial charge in [0.25, 0.3) is 0 Å². The molecule has 14 heteroatoms. The minimum atomic E-state index is 0.722. The van der Waals surface area contributed by atoms with Gasteiger partial charge in [-0.25, -0.2) is 0 Å². The third-order valence-corrected chi connectivity index (χ3v) is 18.5. The van der Waals surface area contributed by atoms with Gasteiger partial charge in [0.05, 0.1) is 32.1 Å². The predicted octanol–water partition coefficient (Wildman–Crippen LogP) is 24.8. The molecule has 15 aromatic rings. The summed E-state index contributed by atoms with van der Waals surface area (Å²) in [6.45, 7) is 0. The van der Waals surface area contributed by atoms with E-state index in [0.29, 0.717) is 0 Å². The molecule has 0 atom stereocenters. The highest BCUT2D eigenvalue weighted by atomic mass is 79.9. The molecule has 0 spiro atoms. The minimum Gasteiger partial charge on any atom is -0.457 e. The second-order valence-corrected chi connectivity index (χ2v) is 26.7. The number of hydrogen-bond acceptors (Lipinski definition) is 5. The van der Waals surface area contributed by atoms with Crippen LogP contribution in [0, 0.1) is 0 Å². The number of fused-ring (bicyclic) bond motifs is 13. The quantitative estimate of drug-likeness (QED) is 0.176. The fourth-order valence-electron chi connectivity index (χ4n) is 11.1. The van der Waals surface area contributed by atoms with Crippen LogP contribution in [-0.4, -0.2) is 14.1 Å². The molecule has 0 N–H and O–H groups in total. The van der Waals surface area contributed by atoms with Crippen molar-refractivity contribution < 1.29 is 18.6 Å². The summed E-state index contributed by atoms with van der Waals surface area (Å²) in [6.07, 6.45) is 2.79. The number of aromatic nitrogens is 3. The Balaban J connectivity index is 0.000000107. The lowest BCUT2D eigenvalue weighted by molar-refractivity contribution is 0.359. The van der Waals surface area contributed by atoms with Crippen molar-refractivity contribution in [3.8, 4) is 57.0 Å². The van der Waals surface area contributed by atoms with Gasteiger partial charge in [-0.3, -0.25) is 4.98 Å². The van der Waals surface area contributed by atoms with E-state index >= 15 is 0 Å². The topological polar surface area (TPSA) is 63.6 Å². The molecule has 86 heavy (non-hydrogen) atoms. The molecule has 0 saturated carbocycles. The van der Waals surface area contributed by atoms with Crippen LogP contribution in [-0.2, 0) is 6.42 Å². The molecule has 6 heterocycles. The van der Waals surface area contributed by atoms with Crippen molar-refractivity contribution in [3.05, 3.63) is 285 Å². The van der Waals surface area contributed by atoms with Crippen molar-refractivity contribution in [1.29, 1.82) is 0 Å². The highest BCUT2D eigenvalue weighted by molar-refractivity contribution is 9.11. The molecule has 0 fully saturated rings. The standard InChI is InChI=1S/C29H17BrN2O.C18H11Br2N.C13H8Br2O.C12H6Br2O2/c30-24-9-4-8-21-22-16-19(12-14-27(22)33-29(21)24)18-11-13-25-23(17-18)28-26(10-5-15-31-28)32(25)20-6-2-1-3-7-20;19-12-6-8-17-15(10-12)16-11-13(20)7-9-18(16)21(17)14-4-2-1-3-5-14;14-10-1-3-12-8(6-10)5-9-7-11(15)2-4-13(9)16-12;13-7-1-3-9-11(5-7)16-12-6-8(14)2-4-10(12)15-9/h1-17H;1-11H;1-4,6-7H,5H2;1-6H. The average Bonchev–Trinajstić information content (AvgIpc) is 2.24. The van der Waals surface area contributed by atoms with Gasteiger partial charge in [-0.15, -0.1) is 0 Å². The molecule has 11 aromatic carbocycles. The Labute approximate surface area is 553 Å². The highest BCUT2D eigenvalue weighted by Crippen LogP contribution is 2.47. The van der Waals surface area contributed by atoms with Gasteiger partial charge >= 0.3 is 0 Å². The number of pyridine rings is 1. The lowest BCUT2D eigenvalue weighted by atomic mass is 10.0. The van der Waals surface area contributed by atoms with Crippen LogP contribution in [0.25, 0.3) is 88.2 Å². The maximum absolute atomic E-state index is 6.09. The van der Waals surface area contributed by atoms with E-state index in [0.717, 1.165) is 133 Å². The molecule has 4 aromatic heterocycles. The van der Waals surface area contributed by atoms with Crippen LogP contribution in [0.1, 0.15) is 11.1 Å². The molecule has 0 amide bonds. The first kappa shape index (κ1) is 56.5. The van der Waals surface area contributed by atoms with Crippen LogP contribution in [0.5, 0.6) is 34.5 Å². The summed E-state index contributed by atoms with van der Waals surface area (Å²) < 4.78 is 35.3. The normalized spacial score (nSPS) is 11.9. The fourth-order valence-corrected chi connectivity index (χ4v) is 13.7. The zero-order chi connectivity index (χ0) is 58.6. The maximum Gasteiger partial charge on any atom is 0.171 e. The van der Waals surface area contributed by atoms with Crippen LogP contribution in [0.2, 0.25) is 0 Å². The van der Waals surface area contributed by atoms with Crippen molar-refractivity contribution in [1.82, 2.24) is 14.1 Å². The Morgan fingerprint density at radius 2 is 0.791 bits per heavy atom. The van der Waals surface area contributed by atoms with Crippen LogP contribution in [0.15, 0.2) is 279 Å². The maximum atomic E-state index is 6.09. The van der Waals surface area contributed by atoms with E-state index < -0.39 is 0 Å². The van der Waals surface area contributed by atoms with Gasteiger partial charge in [0.15, 0.2) is 23.0 Å². The lowest BCUT2D eigenvalue weighted by Gasteiger charge is -2.20. The first-order valence-electron chi connectivity index (χ1n) is 27.2. The van der Waals surface area contributed by atoms with Gasteiger partial charge in [0, 0.05) is 88.9 Å². The predicted molar refractivity (Wildman–Crippen MR) is 375 cm³/mol. The van der Waals surface area contributed by atoms with Gasteiger partial charge in [0.2, 0.25) is 0 Å². The lowest BCUT2D eigenvalue weighted by Crippen LogP contribution is -2.02. The minimum absolute atomic E-state index is 0.722. The first-order valence-corrected chi connectivity index (χ1v) is 32.7. The van der Waals surface area contributed by atoms with E-state index in [1.165, 1.54) is 38.6 Å². The average molecular weight is 1570 g/mol. The number of nitrogens with zero attached hydrogens (tertiary/aromatic N) is 3. The zero-order valence-corrected chi connectivity index (χ0v) is 56.0. The molecular weight excluding hydrogens is 1530 g/mol. The van der Waals surface area contributed by atoms with E-state index in [-0.39, 0.29) is 0 Å². The second-order valence-electron chi connectivity index (χ2n) is 20.4. The first-order chi connectivity index (χ1) is 42.0. The van der Waals surface area contributed by atoms with E-state index in [2.05, 4.69) is 266 Å². The van der Waals surface area contributed by atoms with E-state index in [1.54, 1.807) is 0 Å². The van der Waals surface area contributed by atoms with Crippen molar-refractivity contribution in [2.75, 3.05) is 0 Å². The largest absolute Gasteiger partial charge is 0.457 e. The van der Waals surface area contributed by atoms with Gasteiger partial charge in [-0.05, 0) is 203 Å². The van der Waals surface area contributed by atoms with Gasteiger partial charge in [-0.1, -0.05) is 156 Å². The van der Waals surface area contributed by atoms with Crippen molar-refractivity contribution in [2.24, 2.45) is 0 Å². The molecule has 17 rings (SSSR count). The third-order valence-electron chi connectivity index (χ3n) is 14.9. The zero-order valence-electron chi connectivity index (χ0n) is 44.9. The molecule has 0 unspecified atom stereocenters. The fraction of sp³-hybridized carbons (Fsp3) is 0.0139. The molecule has 2 aliphatic rings. The van der Waals surface area contributed by atoms with Gasteiger partial charge in [-0.2, -0.15) is 0 Å². The van der Waals surface area contributed by atoms with Crippen LogP contribution in [0.4, 0.5) is 0 Å². The van der Waals surface area contributed by atoms with Crippen LogP contribution in [0.3, 0.4) is 0 Å². The Kier molecular flexibility index (Phi) is 15.9.